The maximum atomic E-state index is 11.4. The molecule has 26 heavy (non-hydrogen) atoms. The predicted octanol–water partition coefficient (Wildman–Crippen LogP) is 1.53. The number of benzene rings is 1. The number of carbonyl (C=O) groups is 1. The lowest BCUT2D eigenvalue weighted by molar-refractivity contribution is 0.145. The first kappa shape index (κ1) is 17.5. The maximum Gasteiger partial charge on any atom is 0.414 e. The van der Waals surface area contributed by atoms with Crippen LogP contribution in [0.15, 0.2) is 48.7 Å². The molecule has 1 amide bonds. The fourth-order valence-corrected chi connectivity index (χ4v) is 2.87. The van der Waals surface area contributed by atoms with Crippen LogP contribution in [0.3, 0.4) is 0 Å². The van der Waals surface area contributed by atoms with Gasteiger partial charge in [-0.15, -0.1) is 0 Å². The highest BCUT2D eigenvalue weighted by Crippen LogP contribution is 2.20. The topological polar surface area (TPSA) is 108 Å². The van der Waals surface area contributed by atoms with Gasteiger partial charge in [0.25, 0.3) is 0 Å². The molecule has 0 unspecified atom stereocenters. The van der Waals surface area contributed by atoms with Gasteiger partial charge in [-0.1, -0.05) is 18.2 Å². The van der Waals surface area contributed by atoms with Crippen LogP contribution in [0.5, 0.6) is 0 Å². The highest BCUT2D eigenvalue weighted by atomic mass is 16.5. The van der Waals surface area contributed by atoms with E-state index in [1.54, 1.807) is 0 Å². The van der Waals surface area contributed by atoms with E-state index >= 15 is 0 Å². The Morgan fingerprint density at radius 1 is 1.15 bits per heavy atom. The van der Waals surface area contributed by atoms with Gasteiger partial charge in [-0.25, -0.2) is 9.78 Å². The van der Waals surface area contributed by atoms with Crippen LogP contribution in [0, 0.1) is 5.41 Å². The van der Waals surface area contributed by atoms with E-state index in [4.69, 9.17) is 15.9 Å². The molecule has 1 saturated heterocycles. The number of nitrogens with one attached hydrogen (secondary N) is 2. The number of anilines is 2. The van der Waals surface area contributed by atoms with Crippen molar-refractivity contribution in [2.24, 2.45) is 5.73 Å². The standard InChI is InChI=1S/C18H22N6O2/c19-17(20)22-18(25)26-13-14-4-3-5-15(12-14)23-8-10-24(11-9-23)16-6-1-2-7-21-16/h1-7,12H,8-11,13H2,(H4,19,20,22,25). The molecule has 136 valence electrons. The van der Waals surface area contributed by atoms with E-state index in [9.17, 15) is 4.79 Å². The molecule has 0 radical (unpaired) electrons. The number of aromatic nitrogens is 1. The SMILES string of the molecule is N=C(N)NC(=O)OCc1cccc(N2CCN(c3ccccn3)CC2)c1. The Morgan fingerprint density at radius 3 is 2.62 bits per heavy atom. The molecule has 1 aromatic carbocycles. The van der Waals surface area contributed by atoms with Gasteiger partial charge in [-0.2, -0.15) is 0 Å². The van der Waals surface area contributed by atoms with Gasteiger partial charge in [0.05, 0.1) is 0 Å². The second kappa shape index (κ2) is 8.19. The molecule has 1 aliphatic rings. The van der Waals surface area contributed by atoms with E-state index in [0.717, 1.165) is 43.2 Å². The van der Waals surface area contributed by atoms with Crippen LogP contribution < -0.4 is 20.9 Å². The molecule has 3 rings (SSSR count). The van der Waals surface area contributed by atoms with Crippen molar-refractivity contribution in [3.63, 3.8) is 0 Å². The van der Waals surface area contributed by atoms with Gasteiger partial charge >= 0.3 is 6.09 Å². The molecule has 2 heterocycles. The van der Waals surface area contributed by atoms with E-state index in [1.165, 1.54) is 0 Å². The summed E-state index contributed by atoms with van der Waals surface area (Å²) in [7, 11) is 0. The smallest absolute Gasteiger partial charge is 0.414 e. The number of hydrogen-bond acceptors (Lipinski definition) is 6. The fraction of sp³-hybridized carbons (Fsp3) is 0.278. The van der Waals surface area contributed by atoms with Crippen molar-refractivity contribution < 1.29 is 9.53 Å². The van der Waals surface area contributed by atoms with Gasteiger partial charge in [-0.3, -0.25) is 10.7 Å². The van der Waals surface area contributed by atoms with Crippen molar-refractivity contribution in [1.82, 2.24) is 10.3 Å². The molecule has 0 atom stereocenters. The molecule has 0 bridgehead atoms. The van der Waals surface area contributed by atoms with Crippen molar-refractivity contribution >= 4 is 23.6 Å². The Balaban J connectivity index is 1.55. The summed E-state index contributed by atoms with van der Waals surface area (Å²) in [6.07, 6.45) is 1.08. The van der Waals surface area contributed by atoms with Gasteiger partial charge in [-0.05, 0) is 29.8 Å². The van der Waals surface area contributed by atoms with Gasteiger partial charge in [0, 0.05) is 38.1 Å². The minimum atomic E-state index is -0.730. The van der Waals surface area contributed by atoms with Crippen LogP contribution in [-0.4, -0.2) is 43.2 Å². The second-order valence-corrected chi connectivity index (χ2v) is 5.95. The second-order valence-electron chi connectivity index (χ2n) is 5.95. The van der Waals surface area contributed by atoms with Crippen molar-refractivity contribution in [3.05, 3.63) is 54.2 Å². The number of nitrogens with zero attached hydrogens (tertiary/aromatic N) is 3. The molecule has 0 saturated carbocycles. The minimum Gasteiger partial charge on any atom is -0.444 e. The largest absolute Gasteiger partial charge is 0.444 e. The Hall–Kier alpha value is -3.29. The van der Waals surface area contributed by atoms with Gasteiger partial charge in [0.1, 0.15) is 12.4 Å². The molecule has 1 fully saturated rings. The zero-order valence-electron chi connectivity index (χ0n) is 14.4. The van der Waals surface area contributed by atoms with Crippen LogP contribution in [0.2, 0.25) is 0 Å². The van der Waals surface area contributed by atoms with Crippen LogP contribution >= 0.6 is 0 Å². The Kier molecular flexibility index (Phi) is 5.52. The number of piperazine rings is 1. The third kappa shape index (κ3) is 4.62. The molecular weight excluding hydrogens is 332 g/mol. The molecule has 2 aromatic rings. The number of nitrogens with two attached hydrogens (primary N) is 1. The zero-order chi connectivity index (χ0) is 18.4. The Labute approximate surface area is 152 Å². The average molecular weight is 354 g/mol. The number of carbonyl (C=O) groups excluding carboxylic acids is 1. The molecular formula is C18H22N6O2. The van der Waals surface area contributed by atoms with Gasteiger partial charge < -0.3 is 20.3 Å². The summed E-state index contributed by atoms with van der Waals surface area (Å²) in [5.41, 5.74) is 7.07. The predicted molar refractivity (Wildman–Crippen MR) is 100 cm³/mol. The number of guanidine groups is 1. The molecule has 4 N–H and O–H groups in total. The van der Waals surface area contributed by atoms with E-state index < -0.39 is 12.1 Å². The molecule has 0 aliphatic carbocycles. The van der Waals surface area contributed by atoms with Gasteiger partial charge in [0.2, 0.25) is 0 Å². The summed E-state index contributed by atoms with van der Waals surface area (Å²) in [6, 6.07) is 13.9. The third-order valence-corrected chi connectivity index (χ3v) is 4.14. The molecule has 8 heteroatoms. The third-order valence-electron chi connectivity index (χ3n) is 4.14. The number of ether oxygens (including phenoxy) is 1. The monoisotopic (exact) mass is 354 g/mol. The molecule has 1 aromatic heterocycles. The van der Waals surface area contributed by atoms with Crippen LogP contribution in [0.4, 0.5) is 16.3 Å². The summed E-state index contributed by atoms with van der Waals surface area (Å²) >= 11 is 0. The summed E-state index contributed by atoms with van der Waals surface area (Å²) in [5, 5.41) is 9.09. The first-order valence-electron chi connectivity index (χ1n) is 8.39. The van der Waals surface area contributed by atoms with E-state index in [2.05, 4.69) is 26.2 Å². The number of alkyl carbamates (subject to hydrolysis) is 1. The van der Waals surface area contributed by atoms with Crippen molar-refractivity contribution in [3.8, 4) is 0 Å². The normalized spacial score (nSPS) is 14.0. The van der Waals surface area contributed by atoms with Crippen LogP contribution in [0.1, 0.15) is 5.56 Å². The maximum absolute atomic E-state index is 11.4. The average Bonchev–Trinajstić information content (AvgIpc) is 2.67. The van der Waals surface area contributed by atoms with Crippen molar-refractivity contribution in [1.29, 1.82) is 5.41 Å². The lowest BCUT2D eigenvalue weighted by Gasteiger charge is -2.36. The number of hydrogen-bond donors (Lipinski definition) is 3. The fourth-order valence-electron chi connectivity index (χ4n) is 2.87. The Morgan fingerprint density at radius 2 is 1.92 bits per heavy atom. The van der Waals surface area contributed by atoms with Crippen LogP contribution in [-0.2, 0) is 11.3 Å². The quantitative estimate of drug-likeness (QED) is 0.568. The first-order chi connectivity index (χ1) is 12.6. The highest BCUT2D eigenvalue weighted by molar-refractivity contribution is 5.90. The molecule has 0 spiro atoms. The lowest BCUT2D eigenvalue weighted by Crippen LogP contribution is -2.46. The molecule has 8 nitrogen and oxygen atoms in total. The summed E-state index contributed by atoms with van der Waals surface area (Å²) < 4.78 is 5.05. The zero-order valence-corrected chi connectivity index (χ0v) is 14.4. The highest BCUT2D eigenvalue weighted by Gasteiger charge is 2.18. The van der Waals surface area contributed by atoms with E-state index in [-0.39, 0.29) is 6.61 Å². The van der Waals surface area contributed by atoms with Crippen molar-refractivity contribution in [2.75, 3.05) is 36.0 Å². The molecule has 1 aliphatic heterocycles. The number of amides is 1. The van der Waals surface area contributed by atoms with E-state index in [1.807, 2.05) is 42.6 Å². The Bertz CT molecular complexity index is 759. The lowest BCUT2D eigenvalue weighted by atomic mass is 10.2. The van der Waals surface area contributed by atoms with E-state index in [0.29, 0.717) is 0 Å². The summed E-state index contributed by atoms with van der Waals surface area (Å²) in [6.45, 7) is 3.72. The number of rotatable bonds is 4. The van der Waals surface area contributed by atoms with Crippen LogP contribution in [0.25, 0.3) is 0 Å². The van der Waals surface area contributed by atoms with Gasteiger partial charge in [0.15, 0.2) is 5.96 Å². The first-order valence-corrected chi connectivity index (χ1v) is 8.39. The number of pyridine rings is 1. The summed E-state index contributed by atoms with van der Waals surface area (Å²) in [5.74, 6) is 0.570. The van der Waals surface area contributed by atoms with Crippen molar-refractivity contribution in [2.45, 2.75) is 6.61 Å². The summed E-state index contributed by atoms with van der Waals surface area (Å²) in [4.78, 5) is 20.4. The minimum absolute atomic E-state index is 0.126.